The highest BCUT2D eigenvalue weighted by atomic mass is 127. The minimum atomic E-state index is 0. The van der Waals surface area contributed by atoms with E-state index in [0.717, 1.165) is 36.9 Å². The molecule has 172 valence electrons. The number of piperazine rings is 1. The summed E-state index contributed by atoms with van der Waals surface area (Å²) in [5.41, 5.74) is 2.32. The van der Waals surface area contributed by atoms with Gasteiger partial charge in [-0.3, -0.25) is 0 Å². The highest BCUT2D eigenvalue weighted by Gasteiger charge is 2.16. The van der Waals surface area contributed by atoms with Crippen LogP contribution in [0.25, 0.3) is 0 Å². The Labute approximate surface area is 200 Å². The molecule has 1 saturated heterocycles. The Morgan fingerprint density at radius 1 is 1.13 bits per heavy atom. The number of benzene rings is 1. The fourth-order valence-corrected chi connectivity index (χ4v) is 3.47. The first-order valence-electron chi connectivity index (χ1n) is 11.1. The predicted molar refractivity (Wildman–Crippen MR) is 138 cm³/mol. The number of nitrogens with one attached hydrogen (secondary N) is 2. The lowest BCUT2D eigenvalue weighted by Crippen LogP contribution is -2.47. The highest BCUT2D eigenvalue weighted by Crippen LogP contribution is 2.22. The first kappa shape index (κ1) is 27.0. The van der Waals surface area contributed by atoms with E-state index in [4.69, 9.17) is 9.73 Å². The molecule has 30 heavy (non-hydrogen) atoms. The van der Waals surface area contributed by atoms with Gasteiger partial charge in [0.2, 0.25) is 0 Å². The topological polar surface area (TPSA) is 52.1 Å². The van der Waals surface area contributed by atoms with Gasteiger partial charge in [0, 0.05) is 51.4 Å². The van der Waals surface area contributed by atoms with Crippen molar-refractivity contribution in [1.82, 2.24) is 20.4 Å². The van der Waals surface area contributed by atoms with Gasteiger partial charge in [-0.2, -0.15) is 0 Å². The first-order valence-corrected chi connectivity index (χ1v) is 11.1. The van der Waals surface area contributed by atoms with E-state index in [-0.39, 0.29) is 30.1 Å². The number of aliphatic imine (C=N–C) groups is 1. The SMILES string of the molecule is CCNC(=NCc1ccc(C)cc1OC(C)C)NCC(C)CN1CCN(C)CC1.I. The molecule has 2 rings (SSSR count). The Morgan fingerprint density at radius 3 is 2.47 bits per heavy atom. The van der Waals surface area contributed by atoms with Crippen molar-refractivity contribution in [3.8, 4) is 5.75 Å². The van der Waals surface area contributed by atoms with Gasteiger partial charge in [0.05, 0.1) is 12.6 Å². The van der Waals surface area contributed by atoms with Gasteiger partial charge >= 0.3 is 0 Å². The maximum absolute atomic E-state index is 5.99. The molecular weight excluding hydrogens is 489 g/mol. The normalized spacial score (nSPS) is 16.8. The third-order valence-electron chi connectivity index (χ3n) is 5.12. The van der Waals surface area contributed by atoms with E-state index in [1.807, 2.05) is 0 Å². The fraction of sp³-hybridized carbons (Fsp3) is 0.696. The number of hydrogen-bond donors (Lipinski definition) is 2. The quantitative estimate of drug-likeness (QED) is 0.291. The molecule has 7 heteroatoms. The number of aryl methyl sites for hydroxylation is 1. The summed E-state index contributed by atoms with van der Waals surface area (Å²) in [7, 11) is 2.20. The molecular formula is C23H42IN5O. The van der Waals surface area contributed by atoms with E-state index >= 15 is 0 Å². The van der Waals surface area contributed by atoms with Gasteiger partial charge in [0.1, 0.15) is 5.75 Å². The van der Waals surface area contributed by atoms with Crippen molar-refractivity contribution in [2.45, 2.75) is 47.3 Å². The Morgan fingerprint density at radius 2 is 1.83 bits per heavy atom. The fourth-order valence-electron chi connectivity index (χ4n) is 3.47. The number of ether oxygens (including phenoxy) is 1. The molecule has 0 radical (unpaired) electrons. The molecule has 1 aromatic carbocycles. The molecule has 0 aliphatic carbocycles. The van der Waals surface area contributed by atoms with Gasteiger partial charge in [0.15, 0.2) is 5.96 Å². The van der Waals surface area contributed by atoms with Crippen LogP contribution in [-0.2, 0) is 6.54 Å². The Kier molecular flexibility index (Phi) is 12.7. The number of hydrogen-bond acceptors (Lipinski definition) is 4. The summed E-state index contributed by atoms with van der Waals surface area (Å²) >= 11 is 0. The Hall–Kier alpha value is -1.06. The average Bonchev–Trinajstić information content (AvgIpc) is 2.66. The zero-order valence-corrected chi connectivity index (χ0v) is 22.0. The molecule has 1 aromatic rings. The molecule has 0 amide bonds. The molecule has 6 nitrogen and oxygen atoms in total. The summed E-state index contributed by atoms with van der Waals surface area (Å²) in [4.78, 5) is 9.77. The van der Waals surface area contributed by atoms with E-state index in [1.54, 1.807) is 0 Å². The van der Waals surface area contributed by atoms with Crippen LogP contribution in [0.1, 0.15) is 38.8 Å². The molecule has 0 saturated carbocycles. The number of halogens is 1. The van der Waals surface area contributed by atoms with Crippen LogP contribution in [0.4, 0.5) is 0 Å². The largest absolute Gasteiger partial charge is 0.491 e. The third-order valence-corrected chi connectivity index (χ3v) is 5.12. The van der Waals surface area contributed by atoms with Crippen LogP contribution in [-0.4, -0.2) is 74.7 Å². The van der Waals surface area contributed by atoms with E-state index in [0.29, 0.717) is 12.5 Å². The third kappa shape index (κ3) is 9.83. The Bertz CT molecular complexity index is 644. The van der Waals surface area contributed by atoms with Crippen molar-refractivity contribution < 1.29 is 4.74 Å². The van der Waals surface area contributed by atoms with Gasteiger partial charge in [-0.1, -0.05) is 19.1 Å². The van der Waals surface area contributed by atoms with Crippen molar-refractivity contribution in [2.75, 3.05) is 52.9 Å². The van der Waals surface area contributed by atoms with Gasteiger partial charge in [-0.05, 0) is 52.3 Å². The molecule has 1 aliphatic rings. The second kappa shape index (κ2) is 14.1. The number of guanidine groups is 1. The van der Waals surface area contributed by atoms with Crippen molar-refractivity contribution in [2.24, 2.45) is 10.9 Å². The maximum atomic E-state index is 5.99. The van der Waals surface area contributed by atoms with Gasteiger partial charge < -0.3 is 25.2 Å². The van der Waals surface area contributed by atoms with Crippen LogP contribution in [0.15, 0.2) is 23.2 Å². The molecule has 1 aliphatic heterocycles. The standard InChI is InChI=1S/C23H41N5O.HI/c1-7-24-23(25-15-20(5)17-28-12-10-27(6)11-13-28)26-16-21-9-8-19(4)14-22(21)29-18(2)3;/h8-9,14,18,20H,7,10-13,15-17H2,1-6H3,(H2,24,25,26);1H. The molecule has 0 bridgehead atoms. The van der Waals surface area contributed by atoms with Crippen molar-refractivity contribution in [3.05, 3.63) is 29.3 Å². The van der Waals surface area contributed by atoms with Crippen LogP contribution in [0.3, 0.4) is 0 Å². The summed E-state index contributed by atoms with van der Waals surface area (Å²) in [6, 6.07) is 6.34. The predicted octanol–water partition coefficient (Wildman–Crippen LogP) is 3.34. The minimum Gasteiger partial charge on any atom is -0.491 e. The van der Waals surface area contributed by atoms with Crippen LogP contribution >= 0.6 is 24.0 Å². The lowest BCUT2D eigenvalue weighted by molar-refractivity contribution is 0.139. The zero-order chi connectivity index (χ0) is 21.2. The second-order valence-electron chi connectivity index (χ2n) is 8.56. The van der Waals surface area contributed by atoms with Crippen LogP contribution in [0.5, 0.6) is 5.75 Å². The Balaban J connectivity index is 0.00000450. The van der Waals surface area contributed by atoms with Gasteiger partial charge in [0.25, 0.3) is 0 Å². The second-order valence-corrected chi connectivity index (χ2v) is 8.56. The summed E-state index contributed by atoms with van der Waals surface area (Å²) in [6.07, 6.45) is 0.154. The average molecular weight is 532 g/mol. The van der Waals surface area contributed by atoms with Gasteiger partial charge in [-0.25, -0.2) is 4.99 Å². The van der Waals surface area contributed by atoms with Crippen LogP contribution in [0.2, 0.25) is 0 Å². The molecule has 2 N–H and O–H groups in total. The molecule has 1 heterocycles. The summed E-state index contributed by atoms with van der Waals surface area (Å²) in [5.74, 6) is 2.37. The maximum Gasteiger partial charge on any atom is 0.191 e. The summed E-state index contributed by atoms with van der Waals surface area (Å²) in [5, 5.41) is 6.89. The van der Waals surface area contributed by atoms with Crippen molar-refractivity contribution in [1.29, 1.82) is 0 Å². The smallest absolute Gasteiger partial charge is 0.191 e. The number of rotatable bonds is 9. The number of nitrogens with zero attached hydrogens (tertiary/aromatic N) is 3. The van der Waals surface area contributed by atoms with E-state index < -0.39 is 0 Å². The number of likely N-dealkylation sites (N-methyl/N-ethyl adjacent to an activating group) is 1. The molecule has 1 atom stereocenters. The molecule has 0 spiro atoms. The summed E-state index contributed by atoms with van der Waals surface area (Å²) in [6.45, 7) is 18.8. The van der Waals surface area contributed by atoms with Crippen LogP contribution in [0, 0.1) is 12.8 Å². The van der Waals surface area contributed by atoms with Crippen LogP contribution < -0.4 is 15.4 Å². The minimum absolute atomic E-state index is 0. The molecule has 1 fully saturated rings. The van der Waals surface area contributed by atoms with Gasteiger partial charge in [-0.15, -0.1) is 24.0 Å². The van der Waals surface area contributed by atoms with Crippen molar-refractivity contribution in [3.63, 3.8) is 0 Å². The zero-order valence-electron chi connectivity index (χ0n) is 19.7. The molecule has 0 aromatic heterocycles. The van der Waals surface area contributed by atoms with E-state index in [2.05, 4.69) is 80.3 Å². The summed E-state index contributed by atoms with van der Waals surface area (Å²) < 4.78 is 5.99. The lowest BCUT2D eigenvalue weighted by atomic mass is 10.1. The van der Waals surface area contributed by atoms with Crippen molar-refractivity contribution >= 4 is 29.9 Å². The molecule has 1 unspecified atom stereocenters. The lowest BCUT2D eigenvalue weighted by Gasteiger charge is -2.34. The monoisotopic (exact) mass is 531 g/mol. The van der Waals surface area contributed by atoms with E-state index in [1.165, 1.54) is 31.7 Å². The van der Waals surface area contributed by atoms with E-state index in [9.17, 15) is 0 Å². The highest BCUT2D eigenvalue weighted by molar-refractivity contribution is 14.0. The first-order chi connectivity index (χ1) is 13.9.